The second-order valence-electron chi connectivity index (χ2n) is 10.6. The van der Waals surface area contributed by atoms with E-state index in [1.54, 1.807) is 36.4 Å². The fourth-order valence-electron chi connectivity index (χ4n) is 6.10. The van der Waals surface area contributed by atoms with E-state index in [9.17, 15) is 8.78 Å². The van der Waals surface area contributed by atoms with Gasteiger partial charge in [0.2, 0.25) is 0 Å². The van der Waals surface area contributed by atoms with E-state index in [1.807, 2.05) is 0 Å². The zero-order valence-corrected chi connectivity index (χ0v) is 21.2. The molecular formula is C33H32F4. The van der Waals surface area contributed by atoms with Crippen molar-refractivity contribution in [3.05, 3.63) is 102 Å². The molecule has 0 spiro atoms. The molecule has 0 N–H and O–H groups in total. The van der Waals surface area contributed by atoms with Gasteiger partial charge in [0.1, 0.15) is 0 Å². The van der Waals surface area contributed by atoms with Crippen LogP contribution in [-0.4, -0.2) is 0 Å². The monoisotopic (exact) mass is 504 g/mol. The lowest BCUT2D eigenvalue weighted by Crippen LogP contribution is -2.22. The van der Waals surface area contributed by atoms with E-state index in [2.05, 4.69) is 18.7 Å². The van der Waals surface area contributed by atoms with Gasteiger partial charge in [-0.15, -0.1) is 6.58 Å². The van der Waals surface area contributed by atoms with Crippen molar-refractivity contribution in [1.29, 1.82) is 0 Å². The second kappa shape index (κ2) is 10.7. The van der Waals surface area contributed by atoms with Gasteiger partial charge in [-0.25, -0.2) is 17.6 Å². The second-order valence-corrected chi connectivity index (χ2v) is 10.6. The third-order valence-corrected chi connectivity index (χ3v) is 8.48. The number of aryl methyl sites for hydroxylation is 1. The van der Waals surface area contributed by atoms with E-state index >= 15 is 8.78 Å². The molecule has 0 radical (unpaired) electrons. The highest BCUT2D eigenvalue weighted by Crippen LogP contribution is 2.42. The predicted molar refractivity (Wildman–Crippen MR) is 143 cm³/mol. The number of rotatable bonds is 5. The van der Waals surface area contributed by atoms with E-state index in [0.717, 1.165) is 24.8 Å². The smallest absolute Gasteiger partial charge is 0.167 e. The molecule has 1 fully saturated rings. The van der Waals surface area contributed by atoms with E-state index < -0.39 is 23.3 Å². The first-order valence-electron chi connectivity index (χ1n) is 13.2. The summed E-state index contributed by atoms with van der Waals surface area (Å²) in [7, 11) is 0. The number of benzene rings is 3. The minimum atomic E-state index is -0.915. The quantitative estimate of drug-likeness (QED) is 0.240. The van der Waals surface area contributed by atoms with Crippen LogP contribution < -0.4 is 0 Å². The van der Waals surface area contributed by atoms with Crippen molar-refractivity contribution in [3.8, 4) is 22.3 Å². The highest BCUT2D eigenvalue weighted by molar-refractivity contribution is 5.74. The molecular weight excluding hydrogens is 472 g/mol. The largest absolute Gasteiger partial charge is 0.203 e. The SMILES string of the molecule is C=CC1CCC(C2CC=C(c3ccc(-c4ccc(-c5ccc(C)c(F)c5F)cc4)c(F)c3F)CC2)CC1. The first-order chi connectivity index (χ1) is 17.9. The van der Waals surface area contributed by atoms with Gasteiger partial charge in [0, 0.05) is 16.7 Å². The Labute approximate surface area is 216 Å². The summed E-state index contributed by atoms with van der Waals surface area (Å²) in [4.78, 5) is 0. The molecule has 3 aromatic carbocycles. The number of hydrogen-bond acceptors (Lipinski definition) is 0. The van der Waals surface area contributed by atoms with Crippen molar-refractivity contribution in [3.63, 3.8) is 0 Å². The first-order valence-corrected chi connectivity index (χ1v) is 13.2. The summed E-state index contributed by atoms with van der Waals surface area (Å²) in [5.41, 5.74) is 2.68. The van der Waals surface area contributed by atoms with Crippen molar-refractivity contribution in [2.24, 2.45) is 17.8 Å². The Kier molecular flexibility index (Phi) is 7.37. The standard InChI is InChI=1S/C33H32F4/c1-3-21-5-7-22(8-6-21)23-9-11-24(12-10-23)28-18-19-29(33(37)32(28)36)26-15-13-25(14-16-26)27-17-4-20(2)30(34)31(27)35/h3-4,11,13-19,21-23H,1,5-10,12H2,2H3. The number of allylic oxidation sites excluding steroid dienone is 3. The molecule has 4 heteroatoms. The first kappa shape index (κ1) is 25.5. The van der Waals surface area contributed by atoms with Gasteiger partial charge in [-0.1, -0.05) is 60.7 Å². The Hall–Kier alpha value is -3.14. The van der Waals surface area contributed by atoms with Gasteiger partial charge in [-0.3, -0.25) is 0 Å². The molecule has 0 nitrogen and oxygen atoms in total. The zero-order chi connectivity index (χ0) is 26.1. The van der Waals surface area contributed by atoms with Crippen LogP contribution in [0.25, 0.3) is 27.8 Å². The van der Waals surface area contributed by atoms with Crippen molar-refractivity contribution in [1.82, 2.24) is 0 Å². The molecule has 0 aromatic heterocycles. The Morgan fingerprint density at radius 1 is 0.649 bits per heavy atom. The molecule has 1 atom stereocenters. The van der Waals surface area contributed by atoms with Crippen LogP contribution >= 0.6 is 0 Å². The van der Waals surface area contributed by atoms with Gasteiger partial charge in [-0.05, 0) is 91.9 Å². The van der Waals surface area contributed by atoms with Gasteiger partial charge in [0.05, 0.1) is 0 Å². The van der Waals surface area contributed by atoms with E-state index in [1.165, 1.54) is 44.7 Å². The molecule has 0 amide bonds. The lowest BCUT2D eigenvalue weighted by atomic mass is 9.71. The fraction of sp³-hybridized carbons (Fsp3) is 0.333. The molecule has 2 aliphatic rings. The molecule has 192 valence electrons. The third-order valence-electron chi connectivity index (χ3n) is 8.48. The predicted octanol–water partition coefficient (Wildman–Crippen LogP) is 10.1. The molecule has 5 rings (SSSR count). The van der Waals surface area contributed by atoms with Crippen LogP contribution in [-0.2, 0) is 0 Å². The van der Waals surface area contributed by atoms with Crippen molar-refractivity contribution in [2.75, 3.05) is 0 Å². The molecule has 1 saturated carbocycles. The Morgan fingerprint density at radius 2 is 1.19 bits per heavy atom. The van der Waals surface area contributed by atoms with Crippen molar-refractivity contribution < 1.29 is 17.6 Å². The summed E-state index contributed by atoms with van der Waals surface area (Å²) < 4.78 is 58.8. The molecule has 2 aliphatic carbocycles. The molecule has 0 saturated heterocycles. The summed E-state index contributed by atoms with van der Waals surface area (Å²) >= 11 is 0. The lowest BCUT2D eigenvalue weighted by Gasteiger charge is -2.34. The average Bonchev–Trinajstić information content (AvgIpc) is 2.94. The number of halogens is 4. The Bertz CT molecular complexity index is 1330. The molecule has 3 aromatic rings. The zero-order valence-electron chi connectivity index (χ0n) is 21.2. The summed E-state index contributed by atoms with van der Waals surface area (Å²) in [5, 5.41) is 0. The van der Waals surface area contributed by atoms with Crippen molar-refractivity contribution in [2.45, 2.75) is 51.9 Å². The Balaban J connectivity index is 1.33. The maximum absolute atomic E-state index is 15.2. The maximum Gasteiger partial charge on any atom is 0.167 e. The minimum Gasteiger partial charge on any atom is -0.203 e. The van der Waals surface area contributed by atoms with Crippen LogP contribution in [0.15, 0.2) is 67.3 Å². The van der Waals surface area contributed by atoms with Gasteiger partial charge in [0.15, 0.2) is 23.3 Å². The minimum absolute atomic E-state index is 0.132. The summed E-state index contributed by atoms with van der Waals surface area (Å²) in [6.45, 7) is 5.43. The topological polar surface area (TPSA) is 0 Å². The van der Waals surface area contributed by atoms with Crippen LogP contribution in [0.1, 0.15) is 56.1 Å². The number of hydrogen-bond donors (Lipinski definition) is 0. The van der Waals surface area contributed by atoms with Crippen LogP contribution in [0.5, 0.6) is 0 Å². The molecule has 37 heavy (non-hydrogen) atoms. The Morgan fingerprint density at radius 3 is 1.76 bits per heavy atom. The van der Waals surface area contributed by atoms with Gasteiger partial charge >= 0.3 is 0 Å². The van der Waals surface area contributed by atoms with Crippen LogP contribution in [0.2, 0.25) is 0 Å². The molecule has 0 bridgehead atoms. The third kappa shape index (κ3) is 5.03. The van der Waals surface area contributed by atoms with Crippen LogP contribution in [0.4, 0.5) is 17.6 Å². The van der Waals surface area contributed by atoms with E-state index in [4.69, 9.17) is 0 Å². The van der Waals surface area contributed by atoms with Crippen molar-refractivity contribution >= 4 is 5.57 Å². The normalized spacial score (nSPS) is 22.0. The summed E-state index contributed by atoms with van der Waals surface area (Å²) in [5.74, 6) is -1.54. The van der Waals surface area contributed by atoms with Crippen LogP contribution in [0.3, 0.4) is 0 Å². The maximum atomic E-state index is 15.2. The fourth-order valence-corrected chi connectivity index (χ4v) is 6.10. The van der Waals surface area contributed by atoms with Crippen LogP contribution in [0, 0.1) is 47.9 Å². The molecule has 1 unspecified atom stereocenters. The van der Waals surface area contributed by atoms with Gasteiger partial charge in [-0.2, -0.15) is 0 Å². The average molecular weight is 505 g/mol. The highest BCUT2D eigenvalue weighted by Gasteiger charge is 2.29. The summed E-state index contributed by atoms with van der Waals surface area (Å²) in [6.07, 6.45) is 11.7. The summed E-state index contributed by atoms with van der Waals surface area (Å²) in [6, 6.07) is 12.7. The van der Waals surface area contributed by atoms with E-state index in [0.29, 0.717) is 34.4 Å². The molecule has 0 aliphatic heterocycles. The van der Waals surface area contributed by atoms with Gasteiger partial charge in [0.25, 0.3) is 0 Å². The lowest BCUT2D eigenvalue weighted by molar-refractivity contribution is 0.212. The highest BCUT2D eigenvalue weighted by atomic mass is 19.2. The molecule has 0 heterocycles. The van der Waals surface area contributed by atoms with E-state index in [-0.39, 0.29) is 16.7 Å². The van der Waals surface area contributed by atoms with Gasteiger partial charge < -0.3 is 0 Å².